The van der Waals surface area contributed by atoms with Crippen molar-refractivity contribution in [3.8, 4) is 0 Å². The van der Waals surface area contributed by atoms with Gasteiger partial charge in [-0.25, -0.2) is 0 Å². The molecule has 0 aromatic rings. The molecule has 0 fully saturated rings. The number of carboxylic acids is 1. The number of aliphatic hydroxyl groups is 1. The van der Waals surface area contributed by atoms with Crippen LogP contribution in [0.25, 0.3) is 0 Å². The van der Waals surface area contributed by atoms with Crippen LogP contribution in [-0.2, 0) is 4.79 Å². The van der Waals surface area contributed by atoms with Crippen LogP contribution in [0.2, 0.25) is 0 Å². The number of carbonyl (C=O) groups is 1. The molecule has 0 aromatic carbocycles. The first-order chi connectivity index (χ1) is 6.84. The molecule has 1 unspecified atom stereocenters. The summed E-state index contributed by atoms with van der Waals surface area (Å²) < 4.78 is 0. The zero-order valence-corrected chi connectivity index (χ0v) is 10.3. The van der Waals surface area contributed by atoms with Crippen LogP contribution < -0.4 is 0 Å². The molecule has 0 aromatic heterocycles. The number of carboxylic acid groups (broad SMARTS) is 1. The largest absolute Gasteiger partial charge is 0.481 e. The van der Waals surface area contributed by atoms with E-state index in [1.165, 1.54) is 0 Å². The van der Waals surface area contributed by atoms with Crippen molar-refractivity contribution in [1.82, 2.24) is 0 Å². The summed E-state index contributed by atoms with van der Waals surface area (Å²) in [5.74, 6) is -0.858. The van der Waals surface area contributed by atoms with Crippen molar-refractivity contribution in [3.05, 3.63) is 0 Å². The normalized spacial score (nSPS) is 14.3. The van der Waals surface area contributed by atoms with Crippen LogP contribution in [-0.4, -0.2) is 21.8 Å². The van der Waals surface area contributed by atoms with Gasteiger partial charge >= 0.3 is 5.97 Å². The lowest BCUT2D eigenvalue weighted by Crippen LogP contribution is -2.33. The van der Waals surface area contributed by atoms with Crippen molar-refractivity contribution >= 4 is 5.97 Å². The van der Waals surface area contributed by atoms with Crippen molar-refractivity contribution in [2.24, 2.45) is 11.8 Å². The molecule has 3 heteroatoms. The Labute approximate surface area is 92.5 Å². The Morgan fingerprint density at radius 2 is 1.73 bits per heavy atom. The molecule has 0 saturated carbocycles. The molecule has 0 bridgehead atoms. The summed E-state index contributed by atoms with van der Waals surface area (Å²) in [6.45, 7) is 7.81. The van der Waals surface area contributed by atoms with Gasteiger partial charge in [-0.3, -0.25) is 4.79 Å². The highest BCUT2D eigenvalue weighted by molar-refractivity contribution is 5.70. The fourth-order valence-electron chi connectivity index (χ4n) is 1.84. The van der Waals surface area contributed by atoms with Gasteiger partial charge in [0.2, 0.25) is 0 Å². The van der Waals surface area contributed by atoms with Crippen LogP contribution in [0.3, 0.4) is 0 Å². The lowest BCUT2D eigenvalue weighted by atomic mass is 9.82. The lowest BCUT2D eigenvalue weighted by molar-refractivity contribution is -0.145. The van der Waals surface area contributed by atoms with Gasteiger partial charge in [0.1, 0.15) is 0 Å². The van der Waals surface area contributed by atoms with E-state index in [9.17, 15) is 9.90 Å². The van der Waals surface area contributed by atoms with Crippen molar-refractivity contribution < 1.29 is 15.0 Å². The molecular formula is C12H24O3. The predicted molar refractivity (Wildman–Crippen MR) is 60.7 cm³/mol. The van der Waals surface area contributed by atoms with Crippen LogP contribution in [0, 0.1) is 11.8 Å². The van der Waals surface area contributed by atoms with Crippen molar-refractivity contribution in [2.75, 3.05) is 0 Å². The minimum absolute atomic E-state index is 0.351. The third-order valence-electron chi connectivity index (χ3n) is 3.05. The second-order valence-corrected chi connectivity index (χ2v) is 4.80. The Hall–Kier alpha value is -0.570. The lowest BCUT2D eigenvalue weighted by Gasteiger charge is -2.29. The van der Waals surface area contributed by atoms with Crippen LogP contribution >= 0.6 is 0 Å². The molecule has 0 rings (SSSR count). The summed E-state index contributed by atoms with van der Waals surface area (Å²) in [7, 11) is 0. The van der Waals surface area contributed by atoms with E-state index in [0.717, 1.165) is 0 Å². The number of rotatable bonds is 7. The van der Waals surface area contributed by atoms with E-state index in [2.05, 4.69) is 0 Å². The smallest absolute Gasteiger partial charge is 0.306 e. The molecular weight excluding hydrogens is 192 g/mol. The molecule has 0 spiro atoms. The third kappa shape index (κ3) is 5.17. The summed E-state index contributed by atoms with van der Waals surface area (Å²) in [6, 6.07) is 0. The zero-order chi connectivity index (χ0) is 12.1. The molecule has 0 aliphatic rings. The van der Waals surface area contributed by atoms with Crippen molar-refractivity contribution in [1.29, 1.82) is 0 Å². The first-order valence-electron chi connectivity index (χ1n) is 5.79. The Morgan fingerprint density at radius 1 is 1.27 bits per heavy atom. The van der Waals surface area contributed by atoms with Crippen LogP contribution in [0.4, 0.5) is 0 Å². The highest BCUT2D eigenvalue weighted by Crippen LogP contribution is 2.28. The fourth-order valence-corrected chi connectivity index (χ4v) is 1.84. The molecule has 0 radical (unpaired) electrons. The van der Waals surface area contributed by atoms with E-state index in [0.29, 0.717) is 31.6 Å². The second kappa shape index (κ2) is 6.11. The topological polar surface area (TPSA) is 57.5 Å². The molecule has 0 aliphatic carbocycles. The monoisotopic (exact) mass is 216 g/mol. The molecule has 3 nitrogen and oxygen atoms in total. The Balaban J connectivity index is 4.45. The van der Waals surface area contributed by atoms with E-state index in [1.54, 1.807) is 0 Å². The third-order valence-corrected chi connectivity index (χ3v) is 3.05. The van der Waals surface area contributed by atoms with Gasteiger partial charge < -0.3 is 10.2 Å². The molecule has 0 heterocycles. The molecule has 15 heavy (non-hydrogen) atoms. The van der Waals surface area contributed by atoms with Crippen molar-refractivity contribution in [2.45, 2.75) is 59.0 Å². The maximum Gasteiger partial charge on any atom is 0.306 e. The summed E-state index contributed by atoms with van der Waals surface area (Å²) in [5.41, 5.74) is -0.808. The highest BCUT2D eigenvalue weighted by atomic mass is 16.4. The molecule has 1 atom stereocenters. The standard InChI is InChI=1S/C12H24O3/c1-5-12(15,6-2)8-10(11(13)14)7-9(3)4/h9-10,15H,5-8H2,1-4H3,(H,13,14). The molecule has 0 saturated heterocycles. The Bertz CT molecular complexity index is 195. The number of hydrogen-bond donors (Lipinski definition) is 2. The van der Waals surface area contributed by atoms with E-state index >= 15 is 0 Å². The first-order valence-corrected chi connectivity index (χ1v) is 5.79. The van der Waals surface area contributed by atoms with Gasteiger partial charge in [0.25, 0.3) is 0 Å². The second-order valence-electron chi connectivity index (χ2n) is 4.80. The van der Waals surface area contributed by atoms with E-state index in [4.69, 9.17) is 5.11 Å². The van der Waals surface area contributed by atoms with E-state index < -0.39 is 17.5 Å². The van der Waals surface area contributed by atoms with Gasteiger partial charge in [0, 0.05) is 0 Å². The first kappa shape index (κ1) is 14.4. The van der Waals surface area contributed by atoms with Crippen LogP contribution in [0.1, 0.15) is 53.4 Å². The van der Waals surface area contributed by atoms with Gasteiger partial charge in [0.05, 0.1) is 11.5 Å². The quantitative estimate of drug-likeness (QED) is 0.688. The Morgan fingerprint density at radius 3 is 2.00 bits per heavy atom. The van der Waals surface area contributed by atoms with Crippen LogP contribution in [0.5, 0.6) is 0 Å². The summed E-state index contributed by atoms with van der Waals surface area (Å²) in [4.78, 5) is 11.0. The molecule has 2 N–H and O–H groups in total. The van der Waals surface area contributed by atoms with Crippen molar-refractivity contribution in [3.63, 3.8) is 0 Å². The average molecular weight is 216 g/mol. The predicted octanol–water partition coefficient (Wildman–Crippen LogP) is 2.67. The van der Waals surface area contributed by atoms with Gasteiger partial charge in [0.15, 0.2) is 0 Å². The van der Waals surface area contributed by atoms with Gasteiger partial charge in [-0.15, -0.1) is 0 Å². The summed E-state index contributed by atoms with van der Waals surface area (Å²) in [5, 5.41) is 19.2. The Kier molecular flexibility index (Phi) is 5.88. The highest BCUT2D eigenvalue weighted by Gasteiger charge is 2.30. The van der Waals surface area contributed by atoms with Crippen LogP contribution in [0.15, 0.2) is 0 Å². The van der Waals surface area contributed by atoms with E-state index in [-0.39, 0.29) is 0 Å². The zero-order valence-electron chi connectivity index (χ0n) is 10.3. The minimum atomic E-state index is -0.808. The minimum Gasteiger partial charge on any atom is -0.481 e. The number of aliphatic carboxylic acids is 1. The fraction of sp³-hybridized carbons (Fsp3) is 0.917. The van der Waals surface area contributed by atoms with Gasteiger partial charge in [-0.1, -0.05) is 27.7 Å². The summed E-state index contributed by atoms with van der Waals surface area (Å²) >= 11 is 0. The maximum atomic E-state index is 11.0. The molecule has 0 amide bonds. The molecule has 90 valence electrons. The van der Waals surface area contributed by atoms with E-state index in [1.807, 2.05) is 27.7 Å². The molecule has 0 aliphatic heterocycles. The van der Waals surface area contributed by atoms with Gasteiger partial charge in [-0.05, 0) is 31.6 Å². The number of hydrogen-bond acceptors (Lipinski definition) is 2. The summed E-state index contributed by atoms with van der Waals surface area (Å²) in [6.07, 6.45) is 2.24. The maximum absolute atomic E-state index is 11.0. The van der Waals surface area contributed by atoms with Gasteiger partial charge in [-0.2, -0.15) is 0 Å². The SMILES string of the molecule is CCC(O)(CC)CC(CC(C)C)C(=O)O. The average Bonchev–Trinajstić information content (AvgIpc) is 2.16.